The highest BCUT2D eigenvalue weighted by Crippen LogP contribution is 2.07. The maximum Gasteiger partial charge on any atom is 0.239 e. The fourth-order valence-corrected chi connectivity index (χ4v) is 2.09. The van der Waals surface area contributed by atoms with Crippen molar-refractivity contribution in [1.82, 2.24) is 10.6 Å². The van der Waals surface area contributed by atoms with E-state index in [-0.39, 0.29) is 12.5 Å². The Labute approximate surface area is 143 Å². The highest BCUT2D eigenvalue weighted by atomic mass is 16.1. The summed E-state index contributed by atoms with van der Waals surface area (Å²) in [6.45, 7) is 5.29. The number of nitrogens with one attached hydrogen (secondary N) is 3. The van der Waals surface area contributed by atoms with E-state index >= 15 is 0 Å². The standard InChI is InChI=1S/C19H24N4O/c1-3-20-18(24)14-22-19(23-17-7-5-4-6-8-17)21-13-16-11-9-15(2)10-12-16/h4-12H,3,13-14H2,1-2H3,(H,20,24)(H2,21,22,23). The molecule has 2 aromatic rings. The molecule has 0 spiro atoms. The average Bonchev–Trinajstić information content (AvgIpc) is 2.60. The lowest BCUT2D eigenvalue weighted by Crippen LogP contribution is -2.39. The maximum absolute atomic E-state index is 11.7. The molecular weight excluding hydrogens is 300 g/mol. The number of anilines is 1. The lowest BCUT2D eigenvalue weighted by molar-refractivity contribution is -0.119. The van der Waals surface area contributed by atoms with Crippen LogP contribution in [-0.2, 0) is 11.3 Å². The summed E-state index contributed by atoms with van der Waals surface area (Å²) < 4.78 is 0. The van der Waals surface area contributed by atoms with Crippen molar-refractivity contribution in [3.05, 3.63) is 65.7 Å². The van der Waals surface area contributed by atoms with Crippen LogP contribution in [0.25, 0.3) is 0 Å². The summed E-state index contributed by atoms with van der Waals surface area (Å²) in [4.78, 5) is 16.2. The van der Waals surface area contributed by atoms with Crippen molar-refractivity contribution in [2.24, 2.45) is 4.99 Å². The minimum atomic E-state index is -0.0598. The lowest BCUT2D eigenvalue weighted by atomic mass is 10.1. The number of aryl methyl sites for hydroxylation is 1. The highest BCUT2D eigenvalue weighted by molar-refractivity contribution is 5.95. The molecule has 24 heavy (non-hydrogen) atoms. The van der Waals surface area contributed by atoms with Crippen LogP contribution >= 0.6 is 0 Å². The summed E-state index contributed by atoms with van der Waals surface area (Å²) in [6, 6.07) is 18.0. The van der Waals surface area contributed by atoms with Gasteiger partial charge in [0.2, 0.25) is 5.91 Å². The molecule has 1 amide bonds. The molecule has 0 heterocycles. The van der Waals surface area contributed by atoms with Gasteiger partial charge < -0.3 is 16.0 Å². The molecule has 5 heteroatoms. The Balaban J connectivity index is 2.04. The van der Waals surface area contributed by atoms with Crippen LogP contribution in [0.5, 0.6) is 0 Å². The predicted molar refractivity (Wildman–Crippen MR) is 99.1 cm³/mol. The van der Waals surface area contributed by atoms with Crippen molar-refractivity contribution >= 4 is 17.6 Å². The van der Waals surface area contributed by atoms with E-state index in [1.165, 1.54) is 5.56 Å². The second-order valence-electron chi connectivity index (χ2n) is 5.45. The van der Waals surface area contributed by atoms with Crippen LogP contribution in [0.3, 0.4) is 0 Å². The molecule has 0 fully saturated rings. The van der Waals surface area contributed by atoms with Crippen LogP contribution in [0, 0.1) is 6.92 Å². The Hall–Kier alpha value is -2.82. The molecule has 0 bridgehead atoms. The van der Waals surface area contributed by atoms with Gasteiger partial charge in [-0.3, -0.25) is 4.79 Å². The number of aliphatic imine (C=N–C) groups is 1. The summed E-state index contributed by atoms with van der Waals surface area (Å²) >= 11 is 0. The number of carbonyl (C=O) groups excluding carboxylic acids is 1. The van der Waals surface area contributed by atoms with E-state index in [0.717, 1.165) is 11.3 Å². The third kappa shape index (κ3) is 6.12. The Morgan fingerprint density at radius 3 is 2.38 bits per heavy atom. The van der Waals surface area contributed by atoms with E-state index in [0.29, 0.717) is 19.0 Å². The summed E-state index contributed by atoms with van der Waals surface area (Å²) in [5, 5.41) is 9.04. The molecule has 126 valence electrons. The van der Waals surface area contributed by atoms with Gasteiger partial charge in [-0.1, -0.05) is 48.0 Å². The van der Waals surface area contributed by atoms with Gasteiger partial charge >= 0.3 is 0 Å². The molecule has 0 atom stereocenters. The zero-order valence-corrected chi connectivity index (χ0v) is 14.2. The van der Waals surface area contributed by atoms with E-state index < -0.39 is 0 Å². The quantitative estimate of drug-likeness (QED) is 0.565. The van der Waals surface area contributed by atoms with Crippen LogP contribution in [0.1, 0.15) is 18.1 Å². The van der Waals surface area contributed by atoms with Gasteiger partial charge in [0.15, 0.2) is 5.96 Å². The van der Waals surface area contributed by atoms with E-state index in [1.54, 1.807) is 0 Å². The minimum Gasteiger partial charge on any atom is -0.355 e. The lowest BCUT2D eigenvalue weighted by Gasteiger charge is -2.12. The molecule has 0 unspecified atom stereocenters. The van der Waals surface area contributed by atoms with Crippen molar-refractivity contribution in [1.29, 1.82) is 0 Å². The number of likely N-dealkylation sites (N-methyl/N-ethyl adjacent to an activating group) is 1. The molecule has 0 aromatic heterocycles. The van der Waals surface area contributed by atoms with E-state index in [2.05, 4.69) is 52.1 Å². The molecule has 5 nitrogen and oxygen atoms in total. The van der Waals surface area contributed by atoms with Gasteiger partial charge in [-0.05, 0) is 31.5 Å². The smallest absolute Gasteiger partial charge is 0.239 e. The monoisotopic (exact) mass is 324 g/mol. The summed E-state index contributed by atoms with van der Waals surface area (Å²) in [5.41, 5.74) is 3.26. The topological polar surface area (TPSA) is 65.5 Å². The number of carbonyl (C=O) groups is 1. The van der Waals surface area contributed by atoms with E-state index in [1.807, 2.05) is 37.3 Å². The summed E-state index contributed by atoms with van der Waals surface area (Å²) in [7, 11) is 0. The normalized spacial score (nSPS) is 11.0. The molecule has 0 aliphatic rings. The van der Waals surface area contributed by atoms with Crippen molar-refractivity contribution in [2.75, 3.05) is 18.4 Å². The molecule has 0 radical (unpaired) electrons. The van der Waals surface area contributed by atoms with Crippen molar-refractivity contribution in [3.8, 4) is 0 Å². The van der Waals surface area contributed by atoms with Crippen LogP contribution in [-0.4, -0.2) is 25.0 Å². The van der Waals surface area contributed by atoms with Gasteiger partial charge in [0.1, 0.15) is 0 Å². The van der Waals surface area contributed by atoms with Gasteiger partial charge in [-0.25, -0.2) is 4.99 Å². The average molecular weight is 324 g/mol. The highest BCUT2D eigenvalue weighted by Gasteiger charge is 2.04. The second kappa shape index (κ2) is 9.35. The molecule has 0 aliphatic heterocycles. The first-order valence-electron chi connectivity index (χ1n) is 8.10. The first-order valence-corrected chi connectivity index (χ1v) is 8.10. The molecular formula is C19H24N4O. The first kappa shape index (κ1) is 17.5. The SMILES string of the molecule is CCNC(=O)CNC(=NCc1ccc(C)cc1)Nc1ccccc1. The predicted octanol–water partition coefficient (Wildman–Crippen LogP) is 2.69. The van der Waals surface area contributed by atoms with Crippen molar-refractivity contribution < 1.29 is 4.79 Å². The third-order valence-electron chi connectivity index (χ3n) is 3.37. The molecule has 0 aliphatic carbocycles. The van der Waals surface area contributed by atoms with E-state index in [4.69, 9.17) is 0 Å². The zero-order chi connectivity index (χ0) is 17.2. The summed E-state index contributed by atoms with van der Waals surface area (Å²) in [6.07, 6.45) is 0. The number of amides is 1. The number of hydrogen-bond acceptors (Lipinski definition) is 2. The largest absolute Gasteiger partial charge is 0.355 e. The van der Waals surface area contributed by atoms with Crippen molar-refractivity contribution in [2.45, 2.75) is 20.4 Å². The maximum atomic E-state index is 11.7. The number of para-hydroxylation sites is 1. The van der Waals surface area contributed by atoms with Crippen LogP contribution in [0.4, 0.5) is 5.69 Å². The van der Waals surface area contributed by atoms with Crippen LogP contribution in [0.15, 0.2) is 59.6 Å². The van der Waals surface area contributed by atoms with Gasteiger partial charge in [-0.2, -0.15) is 0 Å². The number of rotatable bonds is 6. The fraction of sp³-hybridized carbons (Fsp3) is 0.263. The Morgan fingerprint density at radius 2 is 1.71 bits per heavy atom. The molecule has 3 N–H and O–H groups in total. The number of guanidine groups is 1. The van der Waals surface area contributed by atoms with Crippen molar-refractivity contribution in [3.63, 3.8) is 0 Å². The number of hydrogen-bond donors (Lipinski definition) is 3. The molecule has 0 saturated heterocycles. The van der Waals surface area contributed by atoms with Gasteiger partial charge in [0.05, 0.1) is 13.1 Å². The van der Waals surface area contributed by atoms with E-state index in [9.17, 15) is 4.79 Å². The second-order valence-corrected chi connectivity index (χ2v) is 5.45. The Morgan fingerprint density at radius 1 is 1.00 bits per heavy atom. The minimum absolute atomic E-state index is 0.0598. The third-order valence-corrected chi connectivity index (χ3v) is 3.37. The van der Waals surface area contributed by atoms with Crippen LogP contribution < -0.4 is 16.0 Å². The molecule has 2 aromatic carbocycles. The molecule has 0 saturated carbocycles. The Kier molecular flexibility index (Phi) is 6.83. The van der Waals surface area contributed by atoms with Crippen LogP contribution in [0.2, 0.25) is 0 Å². The molecule has 2 rings (SSSR count). The first-order chi connectivity index (χ1) is 11.7. The zero-order valence-electron chi connectivity index (χ0n) is 14.2. The number of benzene rings is 2. The van der Waals surface area contributed by atoms with Gasteiger partial charge in [0, 0.05) is 12.2 Å². The Bertz CT molecular complexity index is 666. The summed E-state index contributed by atoms with van der Waals surface area (Å²) in [5.74, 6) is 0.517. The van der Waals surface area contributed by atoms with Gasteiger partial charge in [-0.15, -0.1) is 0 Å². The van der Waals surface area contributed by atoms with Gasteiger partial charge in [0.25, 0.3) is 0 Å². The fourth-order valence-electron chi connectivity index (χ4n) is 2.09. The number of nitrogens with zero attached hydrogens (tertiary/aromatic N) is 1.